The van der Waals surface area contributed by atoms with E-state index >= 15 is 0 Å². The fourth-order valence-corrected chi connectivity index (χ4v) is 1.99. The van der Waals surface area contributed by atoms with E-state index in [1.165, 1.54) is 0 Å². The lowest BCUT2D eigenvalue weighted by Gasteiger charge is -2.16. The second kappa shape index (κ2) is 7.03. The first-order valence-corrected chi connectivity index (χ1v) is 6.29. The zero-order chi connectivity index (χ0) is 13.5. The van der Waals surface area contributed by atoms with E-state index in [4.69, 9.17) is 11.2 Å². The van der Waals surface area contributed by atoms with Gasteiger partial charge >= 0.3 is 0 Å². The van der Waals surface area contributed by atoms with Gasteiger partial charge in [0.1, 0.15) is 5.75 Å². The van der Waals surface area contributed by atoms with Crippen LogP contribution in [0.15, 0.2) is 6.20 Å². The summed E-state index contributed by atoms with van der Waals surface area (Å²) < 4.78 is 5.40. The van der Waals surface area contributed by atoms with Gasteiger partial charge in [-0.3, -0.25) is 4.98 Å². The lowest BCUT2D eigenvalue weighted by molar-refractivity contribution is 0.405. The van der Waals surface area contributed by atoms with Crippen LogP contribution in [0, 0.1) is 26.2 Å². The smallest absolute Gasteiger partial charge is 0.128 e. The SMILES string of the molecule is C#CCC(CC)NCc1ncc(C)c(OC)c1C. The van der Waals surface area contributed by atoms with Gasteiger partial charge < -0.3 is 10.1 Å². The maximum Gasteiger partial charge on any atom is 0.128 e. The Morgan fingerprint density at radius 3 is 2.78 bits per heavy atom. The standard InChI is InChI=1S/C15H22N2O/c1-6-8-13(7-2)16-10-14-12(4)15(18-5)11(3)9-17-14/h1,9,13,16H,7-8,10H2,2-5H3. The van der Waals surface area contributed by atoms with Crippen molar-refractivity contribution in [3.05, 3.63) is 23.0 Å². The quantitative estimate of drug-likeness (QED) is 0.783. The fourth-order valence-electron chi connectivity index (χ4n) is 1.99. The molecule has 0 radical (unpaired) electrons. The zero-order valence-corrected chi connectivity index (χ0v) is 11.7. The molecule has 0 spiro atoms. The van der Waals surface area contributed by atoms with Crippen molar-refractivity contribution in [3.8, 4) is 18.1 Å². The number of aromatic nitrogens is 1. The Kier molecular flexibility index (Phi) is 5.67. The molecule has 1 aromatic heterocycles. The average molecular weight is 246 g/mol. The van der Waals surface area contributed by atoms with Gasteiger partial charge in [-0.05, 0) is 20.3 Å². The van der Waals surface area contributed by atoms with Crippen LogP contribution in [0.1, 0.15) is 36.6 Å². The second-order valence-electron chi connectivity index (χ2n) is 4.44. The van der Waals surface area contributed by atoms with Crippen molar-refractivity contribution in [2.24, 2.45) is 0 Å². The van der Waals surface area contributed by atoms with Crippen LogP contribution < -0.4 is 10.1 Å². The van der Waals surface area contributed by atoms with Gasteiger partial charge in [0.05, 0.1) is 12.8 Å². The predicted octanol–water partition coefficient (Wildman–Crippen LogP) is 2.60. The van der Waals surface area contributed by atoms with Crippen molar-refractivity contribution in [1.82, 2.24) is 10.3 Å². The predicted molar refractivity (Wildman–Crippen MR) is 74.6 cm³/mol. The maximum atomic E-state index is 5.40. The molecular formula is C15H22N2O. The number of hydrogen-bond acceptors (Lipinski definition) is 3. The van der Waals surface area contributed by atoms with Gasteiger partial charge in [0.2, 0.25) is 0 Å². The third-order valence-corrected chi connectivity index (χ3v) is 3.17. The first-order valence-electron chi connectivity index (χ1n) is 6.29. The van der Waals surface area contributed by atoms with Gasteiger partial charge in [0, 0.05) is 36.3 Å². The summed E-state index contributed by atoms with van der Waals surface area (Å²) in [6, 6.07) is 0.350. The molecule has 18 heavy (non-hydrogen) atoms. The first-order chi connectivity index (χ1) is 8.63. The minimum atomic E-state index is 0.350. The number of rotatable bonds is 6. The van der Waals surface area contributed by atoms with E-state index in [1.807, 2.05) is 20.0 Å². The molecule has 1 rings (SSSR count). The zero-order valence-electron chi connectivity index (χ0n) is 11.7. The van der Waals surface area contributed by atoms with Crippen molar-refractivity contribution >= 4 is 0 Å². The summed E-state index contributed by atoms with van der Waals surface area (Å²) in [7, 11) is 1.69. The van der Waals surface area contributed by atoms with E-state index in [-0.39, 0.29) is 0 Å². The Bertz CT molecular complexity index is 435. The summed E-state index contributed by atoms with van der Waals surface area (Å²) in [5.41, 5.74) is 3.18. The number of terminal acetylenes is 1. The number of ether oxygens (including phenoxy) is 1. The molecule has 0 aliphatic rings. The number of pyridine rings is 1. The van der Waals surface area contributed by atoms with Crippen LogP contribution in [-0.4, -0.2) is 18.1 Å². The van der Waals surface area contributed by atoms with Crippen LogP contribution in [0.4, 0.5) is 0 Å². The van der Waals surface area contributed by atoms with Crippen molar-refractivity contribution < 1.29 is 4.74 Å². The van der Waals surface area contributed by atoms with E-state index in [0.717, 1.165) is 42.0 Å². The van der Waals surface area contributed by atoms with Gasteiger partial charge in [0.25, 0.3) is 0 Å². The number of nitrogens with zero attached hydrogens (tertiary/aromatic N) is 1. The third-order valence-electron chi connectivity index (χ3n) is 3.17. The molecule has 0 aromatic carbocycles. The van der Waals surface area contributed by atoms with Crippen LogP contribution in [-0.2, 0) is 6.54 Å². The lowest BCUT2D eigenvalue weighted by Crippen LogP contribution is -2.28. The maximum absolute atomic E-state index is 5.40. The summed E-state index contributed by atoms with van der Waals surface area (Å²) in [6.07, 6.45) is 8.96. The van der Waals surface area contributed by atoms with Gasteiger partial charge in [-0.15, -0.1) is 12.3 Å². The Hall–Kier alpha value is -1.53. The monoisotopic (exact) mass is 246 g/mol. The highest BCUT2D eigenvalue weighted by molar-refractivity contribution is 5.40. The molecule has 3 heteroatoms. The van der Waals surface area contributed by atoms with Crippen molar-refractivity contribution in [1.29, 1.82) is 0 Å². The Balaban J connectivity index is 2.77. The molecule has 1 heterocycles. The highest BCUT2D eigenvalue weighted by Gasteiger charge is 2.10. The molecule has 1 atom stereocenters. The largest absolute Gasteiger partial charge is 0.496 e. The Morgan fingerprint density at radius 2 is 2.22 bits per heavy atom. The van der Waals surface area contributed by atoms with Gasteiger partial charge in [-0.1, -0.05) is 6.92 Å². The van der Waals surface area contributed by atoms with Crippen LogP contribution in [0.3, 0.4) is 0 Å². The van der Waals surface area contributed by atoms with E-state index in [1.54, 1.807) is 7.11 Å². The molecule has 0 saturated carbocycles. The summed E-state index contributed by atoms with van der Waals surface area (Å²) in [5, 5.41) is 3.44. The van der Waals surface area contributed by atoms with Crippen LogP contribution >= 0.6 is 0 Å². The van der Waals surface area contributed by atoms with Gasteiger partial charge in [-0.25, -0.2) is 0 Å². The van der Waals surface area contributed by atoms with Crippen molar-refractivity contribution in [2.45, 2.75) is 46.2 Å². The first kappa shape index (κ1) is 14.5. The molecular weight excluding hydrogens is 224 g/mol. The molecule has 3 nitrogen and oxygen atoms in total. The summed E-state index contributed by atoms with van der Waals surface area (Å²) in [5.74, 6) is 3.62. The topological polar surface area (TPSA) is 34.2 Å². The molecule has 1 unspecified atom stereocenters. The van der Waals surface area contributed by atoms with Gasteiger partial charge in [0.15, 0.2) is 0 Å². The summed E-state index contributed by atoms with van der Waals surface area (Å²) >= 11 is 0. The van der Waals surface area contributed by atoms with Gasteiger partial charge in [-0.2, -0.15) is 0 Å². The minimum absolute atomic E-state index is 0.350. The average Bonchev–Trinajstić information content (AvgIpc) is 2.37. The number of aryl methyl sites for hydroxylation is 1. The molecule has 0 aliphatic carbocycles. The molecule has 0 saturated heterocycles. The van der Waals surface area contributed by atoms with E-state index in [2.05, 4.69) is 23.1 Å². The molecule has 0 bridgehead atoms. The second-order valence-corrected chi connectivity index (χ2v) is 4.44. The Labute approximate surface area is 110 Å². The Morgan fingerprint density at radius 1 is 1.50 bits per heavy atom. The summed E-state index contributed by atoms with van der Waals surface area (Å²) in [4.78, 5) is 4.46. The highest BCUT2D eigenvalue weighted by Crippen LogP contribution is 2.23. The van der Waals surface area contributed by atoms with E-state index in [9.17, 15) is 0 Å². The molecule has 0 fully saturated rings. The normalized spacial score (nSPS) is 11.9. The van der Waals surface area contributed by atoms with Crippen LogP contribution in [0.5, 0.6) is 5.75 Å². The number of hydrogen-bond donors (Lipinski definition) is 1. The third kappa shape index (κ3) is 3.48. The summed E-state index contributed by atoms with van der Waals surface area (Å²) in [6.45, 7) is 6.90. The minimum Gasteiger partial charge on any atom is -0.496 e. The fraction of sp³-hybridized carbons (Fsp3) is 0.533. The van der Waals surface area contributed by atoms with Crippen molar-refractivity contribution in [2.75, 3.05) is 7.11 Å². The highest BCUT2D eigenvalue weighted by atomic mass is 16.5. The molecule has 0 aliphatic heterocycles. The molecule has 1 N–H and O–H groups in total. The van der Waals surface area contributed by atoms with E-state index in [0.29, 0.717) is 6.04 Å². The van der Waals surface area contributed by atoms with E-state index < -0.39 is 0 Å². The molecule has 0 amide bonds. The van der Waals surface area contributed by atoms with Crippen molar-refractivity contribution in [3.63, 3.8) is 0 Å². The van der Waals surface area contributed by atoms with Crippen LogP contribution in [0.2, 0.25) is 0 Å². The molecule has 98 valence electrons. The number of nitrogens with one attached hydrogen (secondary N) is 1. The molecule has 1 aromatic rings. The van der Waals surface area contributed by atoms with Crippen LogP contribution in [0.25, 0.3) is 0 Å². The number of methoxy groups -OCH3 is 1. The lowest BCUT2D eigenvalue weighted by atomic mass is 10.1.